The number of hydrogen-bond acceptors (Lipinski definition) is 6. The Kier molecular flexibility index (Phi) is 9.71. The molecular formula is C31H32F3N3O5S. The third-order valence-corrected chi connectivity index (χ3v) is 8.82. The van der Waals surface area contributed by atoms with Gasteiger partial charge in [0.15, 0.2) is 23.6 Å². The van der Waals surface area contributed by atoms with Crippen molar-refractivity contribution in [1.29, 1.82) is 0 Å². The molecule has 3 aromatic rings. The fraction of sp³-hybridized carbons (Fsp3) is 0.323. The quantitative estimate of drug-likeness (QED) is 0.272. The van der Waals surface area contributed by atoms with E-state index in [-0.39, 0.29) is 29.2 Å². The highest BCUT2D eigenvalue weighted by Crippen LogP contribution is 2.40. The molecule has 43 heavy (non-hydrogen) atoms. The fourth-order valence-electron chi connectivity index (χ4n) is 4.96. The smallest absolute Gasteiger partial charge is 0.254 e. The van der Waals surface area contributed by atoms with Crippen molar-refractivity contribution in [3.05, 3.63) is 100 Å². The van der Waals surface area contributed by atoms with Crippen LogP contribution in [0.1, 0.15) is 40.9 Å². The maximum absolute atomic E-state index is 14.2. The lowest BCUT2D eigenvalue weighted by Gasteiger charge is -2.33. The van der Waals surface area contributed by atoms with E-state index in [0.717, 1.165) is 17.7 Å². The second kappa shape index (κ2) is 13.1. The number of amides is 3. The van der Waals surface area contributed by atoms with Crippen LogP contribution < -0.4 is 10.6 Å². The number of nitrogens with one attached hydrogen (secondary N) is 2. The highest BCUT2D eigenvalue weighted by Gasteiger charge is 2.49. The summed E-state index contributed by atoms with van der Waals surface area (Å²) in [4.78, 5) is 41.5. The molecule has 1 saturated heterocycles. The average molecular weight is 616 g/mol. The molecule has 3 unspecified atom stereocenters. The number of thioether (sulfide) groups is 1. The van der Waals surface area contributed by atoms with Gasteiger partial charge in [0.25, 0.3) is 11.8 Å². The Labute approximate surface area is 251 Å². The highest BCUT2D eigenvalue weighted by atomic mass is 32.2. The Morgan fingerprint density at radius 1 is 1.02 bits per heavy atom. The van der Waals surface area contributed by atoms with Crippen LogP contribution in [0.4, 0.5) is 13.2 Å². The van der Waals surface area contributed by atoms with E-state index in [2.05, 4.69) is 10.6 Å². The van der Waals surface area contributed by atoms with E-state index in [1.54, 1.807) is 51.1 Å². The summed E-state index contributed by atoms with van der Waals surface area (Å²) < 4.78 is 40.4. The molecule has 0 bridgehead atoms. The van der Waals surface area contributed by atoms with E-state index in [1.807, 2.05) is 0 Å². The number of carbonyl (C=O) groups excluding carboxylic acids is 3. The summed E-state index contributed by atoms with van der Waals surface area (Å²) in [5, 5.41) is 26.6. The standard InChI is InChI=1S/C31H32F3N3O5S/c1-17-20(10-7-11-23(17)38)28(40)36-22(14-18-8-5-4-6-9-18)26(39)30(42)37-16-43-31(2,3)27(37)29(41)35-15-19-12-13-21(32)25(34)24(19)33/h4-13,22,26-27,38-39H,14-16H2,1-3H3,(H,35,41)(H,36,40). The molecule has 8 nitrogen and oxygen atoms in total. The Hall–Kier alpha value is -4.03. The minimum absolute atomic E-state index is 0.0399. The van der Waals surface area contributed by atoms with Gasteiger partial charge in [0.2, 0.25) is 5.91 Å². The molecular weight excluding hydrogens is 583 g/mol. The molecule has 3 atom stereocenters. The molecule has 0 radical (unpaired) electrons. The molecule has 0 spiro atoms. The van der Waals surface area contributed by atoms with Crippen molar-refractivity contribution in [1.82, 2.24) is 15.5 Å². The van der Waals surface area contributed by atoms with Gasteiger partial charge in [0.05, 0.1) is 11.9 Å². The van der Waals surface area contributed by atoms with Crippen molar-refractivity contribution in [2.75, 3.05) is 5.88 Å². The minimum atomic E-state index is -1.77. The molecule has 1 heterocycles. The van der Waals surface area contributed by atoms with Crippen LogP contribution in [-0.4, -0.2) is 61.6 Å². The first-order valence-electron chi connectivity index (χ1n) is 13.5. The molecule has 1 fully saturated rings. The Morgan fingerprint density at radius 2 is 1.72 bits per heavy atom. The number of benzene rings is 3. The fourth-order valence-corrected chi connectivity index (χ4v) is 6.10. The number of carbonyl (C=O) groups is 3. The van der Waals surface area contributed by atoms with Crippen molar-refractivity contribution >= 4 is 29.5 Å². The molecule has 3 aromatic carbocycles. The lowest BCUT2D eigenvalue weighted by Crippen LogP contribution is -2.58. The van der Waals surface area contributed by atoms with Gasteiger partial charge in [-0.25, -0.2) is 13.2 Å². The topological polar surface area (TPSA) is 119 Å². The molecule has 0 saturated carbocycles. The second-order valence-electron chi connectivity index (χ2n) is 10.8. The molecule has 0 aliphatic carbocycles. The largest absolute Gasteiger partial charge is 0.508 e. The molecule has 1 aliphatic heterocycles. The minimum Gasteiger partial charge on any atom is -0.508 e. The maximum atomic E-state index is 14.2. The van der Waals surface area contributed by atoms with Gasteiger partial charge in [-0.15, -0.1) is 11.8 Å². The number of phenolic OH excluding ortho intramolecular Hbond substituents is 1. The average Bonchev–Trinajstić information content (AvgIpc) is 3.30. The number of hydrogen-bond donors (Lipinski definition) is 4. The van der Waals surface area contributed by atoms with Gasteiger partial charge < -0.3 is 25.7 Å². The van der Waals surface area contributed by atoms with Gasteiger partial charge in [0.1, 0.15) is 11.8 Å². The molecule has 228 valence electrons. The zero-order valence-corrected chi connectivity index (χ0v) is 24.6. The highest BCUT2D eigenvalue weighted by molar-refractivity contribution is 8.00. The molecule has 3 amide bonds. The molecule has 4 N–H and O–H groups in total. The van der Waals surface area contributed by atoms with E-state index in [4.69, 9.17) is 0 Å². The molecule has 4 rings (SSSR count). The zero-order chi connectivity index (χ0) is 31.5. The lowest BCUT2D eigenvalue weighted by atomic mass is 9.96. The van der Waals surface area contributed by atoms with Crippen molar-refractivity contribution < 1.29 is 37.8 Å². The summed E-state index contributed by atoms with van der Waals surface area (Å²) >= 11 is 1.28. The molecule has 12 heteroatoms. The first-order valence-corrected chi connectivity index (χ1v) is 14.5. The number of rotatable bonds is 9. The van der Waals surface area contributed by atoms with E-state index in [0.29, 0.717) is 5.56 Å². The summed E-state index contributed by atoms with van der Waals surface area (Å²) in [5.74, 6) is -6.59. The first-order chi connectivity index (χ1) is 20.3. The van der Waals surface area contributed by atoms with Crippen LogP contribution in [0.15, 0.2) is 60.7 Å². The van der Waals surface area contributed by atoms with Gasteiger partial charge in [-0.05, 0) is 51.0 Å². The van der Waals surface area contributed by atoms with Crippen LogP contribution in [-0.2, 0) is 22.6 Å². The Bertz CT molecular complexity index is 1520. The van der Waals surface area contributed by atoms with E-state index >= 15 is 0 Å². The van der Waals surface area contributed by atoms with Crippen molar-refractivity contribution in [3.63, 3.8) is 0 Å². The van der Waals surface area contributed by atoms with E-state index in [9.17, 15) is 37.8 Å². The van der Waals surface area contributed by atoms with Crippen LogP contribution >= 0.6 is 11.8 Å². The van der Waals surface area contributed by atoms with Gasteiger partial charge in [0, 0.05) is 28.0 Å². The van der Waals surface area contributed by atoms with Gasteiger partial charge in [-0.3, -0.25) is 14.4 Å². The third kappa shape index (κ3) is 6.97. The predicted octanol–water partition coefficient (Wildman–Crippen LogP) is 3.82. The van der Waals surface area contributed by atoms with Crippen LogP contribution in [0.3, 0.4) is 0 Å². The van der Waals surface area contributed by atoms with E-state index < -0.39 is 64.7 Å². The SMILES string of the molecule is Cc1c(O)cccc1C(=O)NC(Cc1ccccc1)C(O)C(=O)N1CSC(C)(C)C1C(=O)NCc1ccc(F)c(F)c1F. The Morgan fingerprint density at radius 3 is 2.42 bits per heavy atom. The number of aliphatic hydroxyl groups is 1. The summed E-state index contributed by atoms with van der Waals surface area (Å²) in [5.41, 5.74) is 0.941. The van der Waals surface area contributed by atoms with Crippen LogP contribution in [0.2, 0.25) is 0 Å². The number of nitrogens with zero attached hydrogens (tertiary/aromatic N) is 1. The predicted molar refractivity (Wildman–Crippen MR) is 156 cm³/mol. The number of aromatic hydroxyl groups is 1. The summed E-state index contributed by atoms with van der Waals surface area (Å²) in [6.07, 6.45) is -1.69. The third-order valence-electron chi connectivity index (χ3n) is 7.44. The van der Waals surface area contributed by atoms with E-state index in [1.165, 1.54) is 34.9 Å². The number of halogens is 3. The first kappa shape index (κ1) is 31.9. The van der Waals surface area contributed by atoms with Crippen LogP contribution in [0.5, 0.6) is 5.75 Å². The van der Waals surface area contributed by atoms with Crippen molar-refractivity contribution in [3.8, 4) is 5.75 Å². The second-order valence-corrected chi connectivity index (χ2v) is 12.4. The van der Waals surface area contributed by atoms with Crippen molar-refractivity contribution in [2.24, 2.45) is 0 Å². The van der Waals surface area contributed by atoms with Gasteiger partial charge in [-0.1, -0.05) is 42.5 Å². The summed E-state index contributed by atoms with van der Waals surface area (Å²) in [6.45, 7) is 4.57. The van der Waals surface area contributed by atoms with Gasteiger partial charge in [-0.2, -0.15) is 0 Å². The lowest BCUT2D eigenvalue weighted by molar-refractivity contribution is -0.147. The Balaban J connectivity index is 1.56. The van der Waals surface area contributed by atoms with Crippen LogP contribution in [0, 0.1) is 24.4 Å². The summed E-state index contributed by atoms with van der Waals surface area (Å²) in [6, 6.07) is 12.9. The number of aliphatic hydroxyl groups excluding tert-OH is 1. The molecule has 1 aliphatic rings. The summed E-state index contributed by atoms with van der Waals surface area (Å²) in [7, 11) is 0. The monoisotopic (exact) mass is 615 g/mol. The van der Waals surface area contributed by atoms with Gasteiger partial charge >= 0.3 is 0 Å². The van der Waals surface area contributed by atoms with Crippen LogP contribution in [0.25, 0.3) is 0 Å². The van der Waals surface area contributed by atoms with Crippen molar-refractivity contribution in [2.45, 2.75) is 56.7 Å². The zero-order valence-electron chi connectivity index (χ0n) is 23.7. The number of phenols is 1. The molecule has 0 aromatic heterocycles. The maximum Gasteiger partial charge on any atom is 0.254 e. The normalized spacial score (nSPS) is 17.3.